The van der Waals surface area contributed by atoms with Gasteiger partial charge in [0.25, 0.3) is 0 Å². The second-order valence-corrected chi connectivity index (χ2v) is 6.52. The zero-order valence-electron chi connectivity index (χ0n) is 11.7. The van der Waals surface area contributed by atoms with E-state index in [1.807, 2.05) is 0 Å². The summed E-state index contributed by atoms with van der Waals surface area (Å²) in [5.41, 5.74) is 6.50. The van der Waals surface area contributed by atoms with Gasteiger partial charge in [0, 0.05) is 13.2 Å². The van der Waals surface area contributed by atoms with Gasteiger partial charge >= 0.3 is 0 Å². The smallest absolute Gasteiger partial charge is 0.0460 e. The maximum Gasteiger partial charge on any atom is 0.0460 e. The van der Waals surface area contributed by atoms with Crippen molar-refractivity contribution < 1.29 is 5.11 Å². The van der Waals surface area contributed by atoms with E-state index in [1.165, 1.54) is 45.1 Å². The fourth-order valence-electron chi connectivity index (χ4n) is 3.71. The number of hydrogen-bond acceptors (Lipinski definition) is 3. The minimum atomic E-state index is 0.371. The molecule has 18 heavy (non-hydrogen) atoms. The van der Waals surface area contributed by atoms with Gasteiger partial charge in [-0.25, -0.2) is 0 Å². The third-order valence-electron chi connectivity index (χ3n) is 5.12. The highest BCUT2D eigenvalue weighted by molar-refractivity contribution is 4.87. The summed E-state index contributed by atoms with van der Waals surface area (Å²) >= 11 is 0. The number of likely N-dealkylation sites (tertiary alicyclic amines) is 1. The molecule has 1 saturated heterocycles. The van der Waals surface area contributed by atoms with Crippen LogP contribution in [0.1, 0.15) is 51.4 Å². The van der Waals surface area contributed by atoms with Gasteiger partial charge in [-0.1, -0.05) is 25.7 Å². The summed E-state index contributed by atoms with van der Waals surface area (Å²) in [6, 6.07) is 0. The van der Waals surface area contributed by atoms with Gasteiger partial charge in [-0.15, -0.1) is 0 Å². The minimum absolute atomic E-state index is 0.371. The maximum atomic E-state index is 9.19. The third kappa shape index (κ3) is 3.69. The largest absolute Gasteiger partial charge is 0.396 e. The Morgan fingerprint density at radius 1 is 1.06 bits per heavy atom. The third-order valence-corrected chi connectivity index (χ3v) is 5.12. The minimum Gasteiger partial charge on any atom is -0.396 e. The topological polar surface area (TPSA) is 49.5 Å². The van der Waals surface area contributed by atoms with Gasteiger partial charge in [-0.05, 0) is 56.7 Å². The zero-order chi connectivity index (χ0) is 12.8. The first kappa shape index (κ1) is 14.3. The molecule has 3 nitrogen and oxygen atoms in total. The van der Waals surface area contributed by atoms with Crippen LogP contribution in [-0.2, 0) is 0 Å². The van der Waals surface area contributed by atoms with Crippen molar-refractivity contribution in [2.45, 2.75) is 51.4 Å². The molecule has 0 unspecified atom stereocenters. The van der Waals surface area contributed by atoms with E-state index in [0.717, 1.165) is 32.5 Å². The van der Waals surface area contributed by atoms with Crippen molar-refractivity contribution in [2.24, 2.45) is 17.1 Å². The van der Waals surface area contributed by atoms with Gasteiger partial charge in [0.1, 0.15) is 0 Å². The van der Waals surface area contributed by atoms with E-state index in [9.17, 15) is 5.11 Å². The van der Waals surface area contributed by atoms with Crippen LogP contribution in [0, 0.1) is 11.3 Å². The molecule has 2 rings (SSSR count). The Kier molecular flexibility index (Phi) is 5.46. The van der Waals surface area contributed by atoms with Crippen LogP contribution in [-0.4, -0.2) is 42.8 Å². The quantitative estimate of drug-likeness (QED) is 0.754. The van der Waals surface area contributed by atoms with E-state index in [1.54, 1.807) is 0 Å². The first-order valence-electron chi connectivity index (χ1n) is 7.81. The Hall–Kier alpha value is -0.120. The lowest BCUT2D eigenvalue weighted by Crippen LogP contribution is -2.45. The van der Waals surface area contributed by atoms with Crippen LogP contribution >= 0.6 is 0 Å². The molecular weight excluding hydrogens is 224 g/mol. The molecule has 0 atom stereocenters. The summed E-state index contributed by atoms with van der Waals surface area (Å²) in [5, 5.41) is 9.19. The molecule has 1 aliphatic heterocycles. The molecule has 1 heterocycles. The molecule has 3 heteroatoms. The molecule has 0 aromatic heterocycles. The Bertz CT molecular complexity index is 229. The SMILES string of the molecule is NCC1(CN2CCC(CO)CC2)CCCCCC1. The van der Waals surface area contributed by atoms with Crippen LogP contribution in [0.3, 0.4) is 0 Å². The number of hydrogen-bond donors (Lipinski definition) is 2. The maximum absolute atomic E-state index is 9.19. The van der Waals surface area contributed by atoms with E-state index in [-0.39, 0.29) is 0 Å². The Morgan fingerprint density at radius 2 is 1.67 bits per heavy atom. The number of nitrogens with zero attached hydrogens (tertiary/aromatic N) is 1. The van der Waals surface area contributed by atoms with E-state index in [4.69, 9.17) is 5.73 Å². The number of aliphatic hydroxyl groups excluding tert-OH is 1. The highest BCUT2D eigenvalue weighted by Gasteiger charge is 2.32. The molecular formula is C15H30N2O. The number of piperidine rings is 1. The van der Waals surface area contributed by atoms with Crippen molar-refractivity contribution in [1.82, 2.24) is 4.90 Å². The highest BCUT2D eigenvalue weighted by atomic mass is 16.3. The average molecular weight is 254 g/mol. The lowest BCUT2D eigenvalue weighted by molar-refractivity contribution is 0.0832. The molecule has 1 aliphatic carbocycles. The van der Waals surface area contributed by atoms with E-state index in [0.29, 0.717) is 17.9 Å². The first-order chi connectivity index (χ1) is 8.78. The first-order valence-corrected chi connectivity index (χ1v) is 7.81. The Balaban J connectivity index is 1.85. The van der Waals surface area contributed by atoms with Crippen molar-refractivity contribution in [2.75, 3.05) is 32.8 Å². The fraction of sp³-hybridized carbons (Fsp3) is 1.00. The molecule has 0 aromatic carbocycles. The predicted octanol–water partition coefficient (Wildman–Crippen LogP) is 1.99. The van der Waals surface area contributed by atoms with Gasteiger partial charge in [0.05, 0.1) is 0 Å². The van der Waals surface area contributed by atoms with Crippen LogP contribution in [0.25, 0.3) is 0 Å². The molecule has 2 fully saturated rings. The molecule has 0 amide bonds. The summed E-state index contributed by atoms with van der Waals surface area (Å²) in [4.78, 5) is 2.60. The standard InChI is InChI=1S/C15H30N2O/c16-12-15(7-3-1-2-4-8-15)13-17-9-5-14(11-18)6-10-17/h14,18H,1-13,16H2. The number of rotatable bonds is 4. The number of nitrogens with two attached hydrogens (primary N) is 1. The molecule has 0 radical (unpaired) electrons. The van der Waals surface area contributed by atoms with E-state index < -0.39 is 0 Å². The normalized spacial score (nSPS) is 27.0. The highest BCUT2D eigenvalue weighted by Crippen LogP contribution is 2.35. The van der Waals surface area contributed by atoms with Gasteiger partial charge in [0.15, 0.2) is 0 Å². The Labute approximate surface area is 112 Å². The van der Waals surface area contributed by atoms with Crippen LogP contribution in [0.15, 0.2) is 0 Å². The van der Waals surface area contributed by atoms with Crippen LogP contribution in [0.5, 0.6) is 0 Å². The summed E-state index contributed by atoms with van der Waals surface area (Å²) in [6.45, 7) is 4.74. The van der Waals surface area contributed by atoms with Gasteiger partial charge in [-0.2, -0.15) is 0 Å². The van der Waals surface area contributed by atoms with Gasteiger partial charge in [-0.3, -0.25) is 0 Å². The summed E-state index contributed by atoms with van der Waals surface area (Å²) < 4.78 is 0. The predicted molar refractivity (Wildman–Crippen MR) is 75.4 cm³/mol. The van der Waals surface area contributed by atoms with Crippen molar-refractivity contribution in [3.63, 3.8) is 0 Å². The molecule has 0 bridgehead atoms. The lowest BCUT2D eigenvalue weighted by Gasteiger charge is -2.40. The molecule has 1 saturated carbocycles. The van der Waals surface area contributed by atoms with Crippen LogP contribution < -0.4 is 5.73 Å². The molecule has 0 spiro atoms. The van der Waals surface area contributed by atoms with Gasteiger partial charge < -0.3 is 15.7 Å². The monoisotopic (exact) mass is 254 g/mol. The van der Waals surface area contributed by atoms with E-state index in [2.05, 4.69) is 4.90 Å². The van der Waals surface area contributed by atoms with Crippen LogP contribution in [0.4, 0.5) is 0 Å². The summed E-state index contributed by atoms with van der Waals surface area (Å²) in [5.74, 6) is 0.546. The van der Waals surface area contributed by atoms with Gasteiger partial charge in [0.2, 0.25) is 0 Å². The molecule has 106 valence electrons. The molecule has 0 aromatic rings. The van der Waals surface area contributed by atoms with Crippen molar-refractivity contribution in [1.29, 1.82) is 0 Å². The second kappa shape index (κ2) is 6.88. The average Bonchev–Trinajstić information content (AvgIpc) is 2.66. The molecule has 2 aliphatic rings. The van der Waals surface area contributed by atoms with E-state index >= 15 is 0 Å². The Morgan fingerprint density at radius 3 is 2.17 bits per heavy atom. The second-order valence-electron chi connectivity index (χ2n) is 6.52. The zero-order valence-corrected chi connectivity index (χ0v) is 11.7. The molecule has 3 N–H and O–H groups in total. The summed E-state index contributed by atoms with van der Waals surface area (Å²) in [7, 11) is 0. The van der Waals surface area contributed by atoms with Crippen molar-refractivity contribution >= 4 is 0 Å². The lowest BCUT2D eigenvalue weighted by atomic mass is 9.79. The number of aliphatic hydroxyl groups is 1. The van der Waals surface area contributed by atoms with Crippen LogP contribution in [0.2, 0.25) is 0 Å². The fourth-order valence-corrected chi connectivity index (χ4v) is 3.71. The van der Waals surface area contributed by atoms with Crippen molar-refractivity contribution in [3.8, 4) is 0 Å². The summed E-state index contributed by atoms with van der Waals surface area (Å²) in [6.07, 6.45) is 10.5. The van der Waals surface area contributed by atoms with Crippen molar-refractivity contribution in [3.05, 3.63) is 0 Å².